The number of piperazine rings is 1. The number of benzene rings is 1. The molecule has 1 aromatic rings. The van der Waals surface area contributed by atoms with Crippen molar-refractivity contribution in [2.75, 3.05) is 46.9 Å². The van der Waals surface area contributed by atoms with Crippen LogP contribution in [0.15, 0.2) is 24.3 Å². The highest BCUT2D eigenvalue weighted by atomic mass is 16.3. The van der Waals surface area contributed by atoms with E-state index in [1.54, 1.807) is 7.05 Å². The van der Waals surface area contributed by atoms with Crippen LogP contribution in [0.1, 0.15) is 22.0 Å². The second kappa shape index (κ2) is 6.83. The van der Waals surface area contributed by atoms with Gasteiger partial charge in [0.15, 0.2) is 0 Å². The zero-order valence-corrected chi connectivity index (χ0v) is 12.2. The van der Waals surface area contributed by atoms with Gasteiger partial charge in [0, 0.05) is 44.8 Å². The summed E-state index contributed by atoms with van der Waals surface area (Å²) in [6.45, 7) is 3.72. The highest BCUT2D eigenvalue weighted by Crippen LogP contribution is 2.24. The number of nitrogens with zero attached hydrogens (tertiary/aromatic N) is 2. The zero-order valence-electron chi connectivity index (χ0n) is 12.2. The second-order valence-corrected chi connectivity index (χ2v) is 5.23. The first-order valence-electron chi connectivity index (χ1n) is 7.01. The average molecular weight is 277 g/mol. The summed E-state index contributed by atoms with van der Waals surface area (Å²) in [4.78, 5) is 16.3. The number of hydrogen-bond acceptors (Lipinski definition) is 4. The van der Waals surface area contributed by atoms with Gasteiger partial charge in [-0.1, -0.05) is 12.1 Å². The maximum Gasteiger partial charge on any atom is 0.251 e. The lowest BCUT2D eigenvalue weighted by molar-refractivity contribution is 0.0810. The lowest BCUT2D eigenvalue weighted by Crippen LogP contribution is -2.47. The minimum absolute atomic E-state index is 0.0578. The van der Waals surface area contributed by atoms with E-state index in [1.807, 2.05) is 18.2 Å². The number of carbonyl (C=O) groups is 1. The molecule has 0 bridgehead atoms. The Bertz CT molecular complexity index is 464. The van der Waals surface area contributed by atoms with Gasteiger partial charge in [-0.05, 0) is 24.7 Å². The normalized spacial score (nSPS) is 20.9. The van der Waals surface area contributed by atoms with Crippen LogP contribution < -0.4 is 5.32 Å². The van der Waals surface area contributed by atoms with Crippen molar-refractivity contribution in [2.45, 2.75) is 6.04 Å². The van der Waals surface area contributed by atoms with Crippen molar-refractivity contribution >= 4 is 5.91 Å². The summed E-state index contributed by atoms with van der Waals surface area (Å²) in [5.41, 5.74) is 1.84. The molecule has 0 aliphatic carbocycles. The first-order chi connectivity index (χ1) is 9.65. The van der Waals surface area contributed by atoms with Crippen molar-refractivity contribution in [1.29, 1.82) is 0 Å². The first-order valence-corrected chi connectivity index (χ1v) is 7.01. The van der Waals surface area contributed by atoms with Gasteiger partial charge in [0.2, 0.25) is 0 Å². The summed E-state index contributed by atoms with van der Waals surface area (Å²) in [6.07, 6.45) is 0. The fourth-order valence-corrected chi connectivity index (χ4v) is 2.67. The third kappa shape index (κ3) is 3.36. The van der Waals surface area contributed by atoms with Crippen LogP contribution in [0.3, 0.4) is 0 Å². The van der Waals surface area contributed by atoms with E-state index in [0.29, 0.717) is 12.1 Å². The van der Waals surface area contributed by atoms with Gasteiger partial charge in [0.1, 0.15) is 0 Å². The summed E-state index contributed by atoms with van der Waals surface area (Å²) in [5.74, 6) is -0.0578. The zero-order chi connectivity index (χ0) is 14.5. The maximum atomic E-state index is 11.7. The Labute approximate surface area is 120 Å². The van der Waals surface area contributed by atoms with Crippen LogP contribution in [0.25, 0.3) is 0 Å². The number of aliphatic hydroxyl groups excluding tert-OH is 1. The van der Waals surface area contributed by atoms with Gasteiger partial charge in [-0.3, -0.25) is 14.6 Å². The van der Waals surface area contributed by atoms with E-state index in [9.17, 15) is 4.79 Å². The Morgan fingerprint density at radius 3 is 2.95 bits per heavy atom. The van der Waals surface area contributed by atoms with Gasteiger partial charge in [-0.25, -0.2) is 0 Å². The van der Waals surface area contributed by atoms with Crippen LogP contribution in [0.2, 0.25) is 0 Å². The minimum Gasteiger partial charge on any atom is -0.395 e. The maximum absolute atomic E-state index is 11.7. The van der Waals surface area contributed by atoms with Crippen molar-refractivity contribution in [1.82, 2.24) is 15.1 Å². The first kappa shape index (κ1) is 15.0. The summed E-state index contributed by atoms with van der Waals surface area (Å²) in [7, 11) is 3.75. The largest absolute Gasteiger partial charge is 0.395 e. The predicted molar refractivity (Wildman–Crippen MR) is 78.7 cm³/mol. The smallest absolute Gasteiger partial charge is 0.251 e. The van der Waals surface area contributed by atoms with E-state index in [2.05, 4.69) is 28.2 Å². The number of likely N-dealkylation sites (N-methyl/N-ethyl adjacent to an activating group) is 1. The van der Waals surface area contributed by atoms with Gasteiger partial charge in [-0.15, -0.1) is 0 Å². The van der Waals surface area contributed by atoms with E-state index in [1.165, 1.54) is 0 Å². The Morgan fingerprint density at radius 1 is 1.45 bits per heavy atom. The van der Waals surface area contributed by atoms with E-state index in [0.717, 1.165) is 25.2 Å². The van der Waals surface area contributed by atoms with E-state index in [4.69, 9.17) is 5.11 Å². The minimum atomic E-state index is -0.0578. The molecule has 1 atom stereocenters. The Kier molecular flexibility index (Phi) is 5.11. The third-order valence-electron chi connectivity index (χ3n) is 3.91. The topological polar surface area (TPSA) is 55.8 Å². The summed E-state index contributed by atoms with van der Waals surface area (Å²) in [5, 5.41) is 11.7. The molecule has 5 nitrogen and oxygen atoms in total. The molecular weight excluding hydrogens is 254 g/mol. The molecule has 0 spiro atoms. The van der Waals surface area contributed by atoms with Gasteiger partial charge >= 0.3 is 0 Å². The van der Waals surface area contributed by atoms with Crippen LogP contribution in [-0.4, -0.2) is 67.7 Å². The van der Waals surface area contributed by atoms with Crippen molar-refractivity contribution in [3.8, 4) is 0 Å². The van der Waals surface area contributed by atoms with Crippen LogP contribution in [0, 0.1) is 0 Å². The van der Waals surface area contributed by atoms with E-state index in [-0.39, 0.29) is 18.6 Å². The summed E-state index contributed by atoms with van der Waals surface area (Å²) >= 11 is 0. The molecule has 2 rings (SSSR count). The molecule has 0 unspecified atom stereocenters. The van der Waals surface area contributed by atoms with Gasteiger partial charge < -0.3 is 10.4 Å². The second-order valence-electron chi connectivity index (χ2n) is 5.23. The van der Waals surface area contributed by atoms with Gasteiger partial charge in [-0.2, -0.15) is 0 Å². The van der Waals surface area contributed by atoms with Gasteiger partial charge in [0.25, 0.3) is 5.91 Å². The predicted octanol–water partition coefficient (Wildman–Crippen LogP) is 0.327. The van der Waals surface area contributed by atoms with Crippen LogP contribution >= 0.6 is 0 Å². The van der Waals surface area contributed by atoms with Crippen molar-refractivity contribution in [2.24, 2.45) is 0 Å². The molecule has 0 saturated carbocycles. The molecule has 1 fully saturated rings. The Morgan fingerprint density at radius 2 is 2.25 bits per heavy atom. The quantitative estimate of drug-likeness (QED) is 0.832. The summed E-state index contributed by atoms with van der Waals surface area (Å²) in [6, 6.07) is 8.05. The lowest BCUT2D eigenvalue weighted by atomic mass is 10.00. The molecule has 1 saturated heterocycles. The molecular formula is C15H23N3O2. The van der Waals surface area contributed by atoms with E-state index < -0.39 is 0 Å². The number of nitrogens with one attached hydrogen (secondary N) is 1. The number of amides is 1. The molecule has 5 heteroatoms. The van der Waals surface area contributed by atoms with Crippen LogP contribution in [0.4, 0.5) is 0 Å². The molecule has 1 amide bonds. The van der Waals surface area contributed by atoms with E-state index >= 15 is 0 Å². The highest BCUT2D eigenvalue weighted by molar-refractivity contribution is 5.94. The van der Waals surface area contributed by atoms with Crippen molar-refractivity contribution in [3.63, 3.8) is 0 Å². The standard InChI is InChI=1S/C15H23N3O2/c1-16-15(20)13-5-3-4-12(10-13)14-11-18(8-9-19)7-6-17(14)2/h3-5,10,14,19H,6-9,11H2,1-2H3,(H,16,20)/t14-/m1/s1. The van der Waals surface area contributed by atoms with Crippen molar-refractivity contribution in [3.05, 3.63) is 35.4 Å². The molecule has 1 aromatic carbocycles. The highest BCUT2D eigenvalue weighted by Gasteiger charge is 2.25. The third-order valence-corrected chi connectivity index (χ3v) is 3.91. The van der Waals surface area contributed by atoms with Crippen LogP contribution in [-0.2, 0) is 0 Å². The van der Waals surface area contributed by atoms with Crippen LogP contribution in [0.5, 0.6) is 0 Å². The average Bonchev–Trinajstić information content (AvgIpc) is 2.49. The summed E-state index contributed by atoms with van der Waals surface area (Å²) < 4.78 is 0. The number of β-amino-alcohol motifs (C(OH)–C–C–N with tert-alkyl or cyclic N) is 1. The molecule has 0 radical (unpaired) electrons. The Balaban J connectivity index is 2.18. The number of aliphatic hydroxyl groups is 1. The molecule has 110 valence electrons. The molecule has 1 aliphatic heterocycles. The molecule has 20 heavy (non-hydrogen) atoms. The molecule has 2 N–H and O–H groups in total. The molecule has 1 heterocycles. The molecule has 1 aliphatic rings. The number of hydrogen-bond donors (Lipinski definition) is 2. The van der Waals surface area contributed by atoms with Gasteiger partial charge in [0.05, 0.1) is 6.61 Å². The lowest BCUT2D eigenvalue weighted by Gasteiger charge is -2.39. The fourth-order valence-electron chi connectivity index (χ4n) is 2.67. The Hall–Kier alpha value is -1.43. The fraction of sp³-hybridized carbons (Fsp3) is 0.533. The number of rotatable bonds is 4. The van der Waals surface area contributed by atoms with Crippen molar-refractivity contribution < 1.29 is 9.90 Å². The molecule has 0 aromatic heterocycles. The monoisotopic (exact) mass is 277 g/mol. The number of carbonyl (C=O) groups excluding carboxylic acids is 1. The SMILES string of the molecule is CNC(=O)c1cccc([C@H]2CN(CCO)CCN2C)c1.